The van der Waals surface area contributed by atoms with Crippen molar-refractivity contribution < 1.29 is 0 Å². The van der Waals surface area contributed by atoms with Crippen LogP contribution in [0.2, 0.25) is 0 Å². The molecule has 0 aliphatic rings. The second-order valence-electron chi connectivity index (χ2n) is 12.5. The molecule has 7 aromatic carbocycles. The fourth-order valence-electron chi connectivity index (χ4n) is 7.06. The summed E-state index contributed by atoms with van der Waals surface area (Å²) in [7, 11) is 0. The van der Waals surface area contributed by atoms with Crippen molar-refractivity contribution in [2.75, 3.05) is 0 Å². The van der Waals surface area contributed by atoms with Crippen LogP contribution in [0.4, 0.5) is 0 Å². The highest BCUT2D eigenvalue weighted by atomic mass is 32.1. The average molecular weight is 657 g/mol. The van der Waals surface area contributed by atoms with E-state index in [1.807, 2.05) is 41.7 Å². The van der Waals surface area contributed by atoms with E-state index in [0.29, 0.717) is 17.6 Å². The number of aromatic nitrogens is 4. The van der Waals surface area contributed by atoms with Gasteiger partial charge >= 0.3 is 0 Å². The molecule has 0 bridgehead atoms. The molecule has 0 saturated heterocycles. The number of fused-ring (bicyclic) bond motifs is 6. The SMILES string of the molecule is c1ccc(-c2cc(-c3ccccc3)cc(-c3nc(-c4ccccc4)nc(-n4c5ccccc5c5cc6c(cc54)sc4ccccc46)n3)c2)cc1. The van der Waals surface area contributed by atoms with Gasteiger partial charge in [0.25, 0.3) is 0 Å². The molecule has 234 valence electrons. The number of para-hydroxylation sites is 1. The smallest absolute Gasteiger partial charge is 0.238 e. The van der Waals surface area contributed by atoms with Gasteiger partial charge in [0.2, 0.25) is 5.95 Å². The molecule has 5 heteroatoms. The molecule has 0 radical (unpaired) electrons. The van der Waals surface area contributed by atoms with Gasteiger partial charge in [-0.3, -0.25) is 4.57 Å². The van der Waals surface area contributed by atoms with Gasteiger partial charge in [0.05, 0.1) is 11.0 Å². The molecule has 0 amide bonds. The molecular weight excluding hydrogens is 629 g/mol. The monoisotopic (exact) mass is 656 g/mol. The van der Waals surface area contributed by atoms with E-state index in [0.717, 1.165) is 44.4 Å². The van der Waals surface area contributed by atoms with E-state index in [1.54, 1.807) is 0 Å². The van der Waals surface area contributed by atoms with Crippen LogP contribution in [-0.4, -0.2) is 19.5 Å². The summed E-state index contributed by atoms with van der Waals surface area (Å²) in [6, 6.07) is 59.7. The van der Waals surface area contributed by atoms with Crippen molar-refractivity contribution in [2.45, 2.75) is 0 Å². The van der Waals surface area contributed by atoms with E-state index in [2.05, 4.69) is 144 Å². The lowest BCUT2D eigenvalue weighted by Crippen LogP contribution is -2.06. The number of benzene rings is 7. The van der Waals surface area contributed by atoms with E-state index in [-0.39, 0.29) is 0 Å². The predicted octanol–water partition coefficient (Wildman–Crippen LogP) is 12.0. The third-order valence-electron chi connectivity index (χ3n) is 9.43. The van der Waals surface area contributed by atoms with E-state index in [4.69, 9.17) is 15.0 Å². The molecule has 0 N–H and O–H groups in total. The van der Waals surface area contributed by atoms with Gasteiger partial charge < -0.3 is 0 Å². The summed E-state index contributed by atoms with van der Waals surface area (Å²) in [5.74, 6) is 1.84. The fourth-order valence-corrected chi connectivity index (χ4v) is 8.19. The standard InChI is InChI=1S/C45H28N4S/c1-4-14-29(15-5-1)32-24-33(30-16-6-2-7-17-30)26-34(25-32)44-46-43(31-18-8-3-9-19-31)47-45(48-44)49-39-22-12-10-20-35(39)37-27-38-36-21-11-13-23-41(36)50-42(38)28-40(37)49/h1-28H. The van der Waals surface area contributed by atoms with E-state index in [1.165, 1.54) is 30.9 Å². The fraction of sp³-hybridized carbons (Fsp3) is 0. The van der Waals surface area contributed by atoms with Gasteiger partial charge in [-0.15, -0.1) is 11.3 Å². The van der Waals surface area contributed by atoms with Gasteiger partial charge in [-0.25, -0.2) is 4.98 Å². The summed E-state index contributed by atoms with van der Waals surface area (Å²) >= 11 is 1.82. The van der Waals surface area contributed by atoms with Crippen LogP contribution in [0, 0.1) is 0 Å². The van der Waals surface area contributed by atoms with Crippen LogP contribution in [0.25, 0.3) is 93.0 Å². The normalized spacial score (nSPS) is 11.6. The molecular formula is C45H28N4S. The van der Waals surface area contributed by atoms with Crippen molar-refractivity contribution in [2.24, 2.45) is 0 Å². The Hall–Kier alpha value is -6.43. The second-order valence-corrected chi connectivity index (χ2v) is 13.6. The Bertz CT molecular complexity index is 2800. The van der Waals surface area contributed by atoms with Crippen LogP contribution in [0.15, 0.2) is 170 Å². The third kappa shape index (κ3) is 4.79. The molecule has 0 fully saturated rings. The van der Waals surface area contributed by atoms with Crippen molar-refractivity contribution in [3.63, 3.8) is 0 Å². The number of thiophene rings is 1. The molecule has 0 saturated carbocycles. The summed E-state index contributed by atoms with van der Waals surface area (Å²) in [6.07, 6.45) is 0. The zero-order valence-corrected chi connectivity index (χ0v) is 27.7. The molecule has 0 aliphatic carbocycles. The summed E-state index contributed by atoms with van der Waals surface area (Å²) < 4.78 is 4.74. The molecule has 10 rings (SSSR count). The Kier molecular flexibility index (Phi) is 6.64. The minimum atomic E-state index is 0.590. The van der Waals surface area contributed by atoms with Crippen LogP contribution >= 0.6 is 11.3 Å². The lowest BCUT2D eigenvalue weighted by molar-refractivity contribution is 0.954. The first-order valence-electron chi connectivity index (χ1n) is 16.7. The highest BCUT2D eigenvalue weighted by Crippen LogP contribution is 2.41. The molecule has 0 aliphatic heterocycles. The Balaban J connectivity index is 1.27. The second kappa shape index (κ2) is 11.6. The highest BCUT2D eigenvalue weighted by molar-refractivity contribution is 7.25. The summed E-state index contributed by atoms with van der Waals surface area (Å²) in [6.45, 7) is 0. The van der Waals surface area contributed by atoms with Crippen molar-refractivity contribution in [1.82, 2.24) is 19.5 Å². The quantitative estimate of drug-likeness (QED) is 0.185. The van der Waals surface area contributed by atoms with Crippen LogP contribution in [0.3, 0.4) is 0 Å². The Morgan fingerprint density at radius 2 is 0.880 bits per heavy atom. The maximum Gasteiger partial charge on any atom is 0.238 e. The van der Waals surface area contributed by atoms with E-state index >= 15 is 0 Å². The molecule has 3 heterocycles. The van der Waals surface area contributed by atoms with Crippen LogP contribution in [0.1, 0.15) is 0 Å². The van der Waals surface area contributed by atoms with Crippen molar-refractivity contribution in [1.29, 1.82) is 0 Å². The first-order chi connectivity index (χ1) is 24.8. The van der Waals surface area contributed by atoms with Crippen molar-refractivity contribution in [3.8, 4) is 51.0 Å². The molecule has 0 unspecified atom stereocenters. The maximum absolute atomic E-state index is 5.31. The molecule has 10 aromatic rings. The summed E-state index contributed by atoms with van der Waals surface area (Å²) in [4.78, 5) is 15.7. The van der Waals surface area contributed by atoms with Gasteiger partial charge in [0, 0.05) is 42.1 Å². The molecule has 0 spiro atoms. The number of hydrogen-bond donors (Lipinski definition) is 0. The minimum Gasteiger partial charge on any atom is -0.278 e. The first kappa shape index (κ1) is 28.6. The average Bonchev–Trinajstić information content (AvgIpc) is 3.72. The Morgan fingerprint density at radius 1 is 0.340 bits per heavy atom. The molecule has 50 heavy (non-hydrogen) atoms. The molecule has 0 atom stereocenters. The summed E-state index contributed by atoms with van der Waals surface area (Å²) in [5.41, 5.74) is 8.49. The number of nitrogens with zero attached hydrogens (tertiary/aromatic N) is 4. The molecule has 4 nitrogen and oxygen atoms in total. The Labute approximate surface area is 292 Å². The highest BCUT2D eigenvalue weighted by Gasteiger charge is 2.20. The minimum absolute atomic E-state index is 0.590. The third-order valence-corrected chi connectivity index (χ3v) is 10.6. The van der Waals surface area contributed by atoms with Gasteiger partial charge in [-0.05, 0) is 64.7 Å². The van der Waals surface area contributed by atoms with Crippen LogP contribution in [-0.2, 0) is 0 Å². The maximum atomic E-state index is 5.31. The van der Waals surface area contributed by atoms with Crippen molar-refractivity contribution in [3.05, 3.63) is 170 Å². The van der Waals surface area contributed by atoms with Crippen molar-refractivity contribution >= 4 is 53.3 Å². The van der Waals surface area contributed by atoms with E-state index in [9.17, 15) is 0 Å². The van der Waals surface area contributed by atoms with Gasteiger partial charge in [0.15, 0.2) is 11.6 Å². The zero-order valence-electron chi connectivity index (χ0n) is 26.9. The lowest BCUT2D eigenvalue weighted by Gasteiger charge is -2.13. The van der Waals surface area contributed by atoms with Gasteiger partial charge in [-0.1, -0.05) is 127 Å². The predicted molar refractivity (Wildman–Crippen MR) is 209 cm³/mol. The largest absolute Gasteiger partial charge is 0.278 e. The molecule has 3 aromatic heterocycles. The van der Waals surface area contributed by atoms with Crippen LogP contribution < -0.4 is 0 Å². The van der Waals surface area contributed by atoms with Crippen LogP contribution in [0.5, 0.6) is 0 Å². The van der Waals surface area contributed by atoms with Gasteiger partial charge in [-0.2, -0.15) is 9.97 Å². The zero-order chi connectivity index (χ0) is 33.0. The van der Waals surface area contributed by atoms with Gasteiger partial charge in [0.1, 0.15) is 0 Å². The topological polar surface area (TPSA) is 43.6 Å². The Morgan fingerprint density at radius 3 is 1.56 bits per heavy atom. The van der Waals surface area contributed by atoms with E-state index < -0.39 is 0 Å². The lowest BCUT2D eigenvalue weighted by atomic mass is 9.96. The summed E-state index contributed by atoms with van der Waals surface area (Å²) in [5, 5.41) is 4.90. The number of rotatable bonds is 5. The first-order valence-corrected chi connectivity index (χ1v) is 17.5. The number of hydrogen-bond acceptors (Lipinski definition) is 4.